The molecule has 32 heavy (non-hydrogen) atoms. The van der Waals surface area contributed by atoms with E-state index in [2.05, 4.69) is 37.7 Å². The highest BCUT2D eigenvalue weighted by molar-refractivity contribution is 14.0. The van der Waals surface area contributed by atoms with Gasteiger partial charge in [-0.25, -0.2) is 4.98 Å². The van der Waals surface area contributed by atoms with Crippen LogP contribution in [0, 0.1) is 0 Å². The van der Waals surface area contributed by atoms with Crippen molar-refractivity contribution in [3.8, 4) is 23.1 Å². The summed E-state index contributed by atoms with van der Waals surface area (Å²) < 4.78 is 16.7. The predicted molar refractivity (Wildman–Crippen MR) is 140 cm³/mol. The minimum atomic E-state index is 0. The lowest BCUT2D eigenvalue weighted by Crippen LogP contribution is -2.39. The van der Waals surface area contributed by atoms with Crippen LogP contribution in [0.15, 0.2) is 59.0 Å². The summed E-state index contributed by atoms with van der Waals surface area (Å²) in [6, 6.07) is 13.5. The van der Waals surface area contributed by atoms with Gasteiger partial charge in [0.05, 0.1) is 14.2 Å². The molecule has 3 rings (SSSR count). The van der Waals surface area contributed by atoms with Crippen molar-refractivity contribution in [1.29, 1.82) is 0 Å². The van der Waals surface area contributed by atoms with Crippen molar-refractivity contribution in [3.63, 3.8) is 0 Å². The van der Waals surface area contributed by atoms with Crippen molar-refractivity contribution < 1.29 is 14.2 Å². The maximum absolute atomic E-state index is 5.92. The van der Waals surface area contributed by atoms with Gasteiger partial charge in [-0.1, -0.05) is 18.2 Å². The number of ether oxygens (including phenoxy) is 3. The van der Waals surface area contributed by atoms with E-state index in [1.807, 2.05) is 37.4 Å². The number of rotatable bonds is 9. The van der Waals surface area contributed by atoms with Crippen LogP contribution in [0.2, 0.25) is 0 Å². The van der Waals surface area contributed by atoms with Crippen LogP contribution in [0.5, 0.6) is 23.1 Å². The summed E-state index contributed by atoms with van der Waals surface area (Å²) in [4.78, 5) is 12.3. The lowest BCUT2D eigenvalue weighted by atomic mass is 10.2. The van der Waals surface area contributed by atoms with Crippen molar-refractivity contribution in [2.24, 2.45) is 4.99 Å². The Labute approximate surface area is 210 Å². The highest BCUT2D eigenvalue weighted by Gasteiger charge is 2.13. The van der Waals surface area contributed by atoms with Gasteiger partial charge in [0.25, 0.3) is 0 Å². The highest BCUT2D eigenvalue weighted by atomic mass is 127. The van der Waals surface area contributed by atoms with Crippen molar-refractivity contribution in [1.82, 2.24) is 15.2 Å². The first-order valence-electron chi connectivity index (χ1n) is 9.92. The van der Waals surface area contributed by atoms with E-state index in [0.717, 1.165) is 24.5 Å². The molecule has 0 aliphatic heterocycles. The number of benzene rings is 1. The highest BCUT2D eigenvalue weighted by Crippen LogP contribution is 2.39. The predicted octanol–water partition coefficient (Wildman–Crippen LogP) is 4.82. The number of methoxy groups -OCH3 is 2. The molecule has 0 bridgehead atoms. The Balaban J connectivity index is 0.00000363. The van der Waals surface area contributed by atoms with Crippen molar-refractivity contribution in [2.75, 3.05) is 34.9 Å². The molecule has 0 aliphatic rings. The third-order valence-corrected chi connectivity index (χ3v) is 5.62. The Morgan fingerprint density at radius 2 is 1.84 bits per heavy atom. The molecule has 7 nitrogen and oxygen atoms in total. The SMILES string of the molecule is CN=C(NCc1ccc(Oc2c(OC)cccc2OC)nc1)N(C)CCc1cccs1.I. The summed E-state index contributed by atoms with van der Waals surface area (Å²) in [5.74, 6) is 2.97. The molecule has 0 saturated carbocycles. The molecule has 3 aromatic rings. The molecule has 0 amide bonds. The van der Waals surface area contributed by atoms with E-state index < -0.39 is 0 Å². The Kier molecular flexibility index (Phi) is 10.5. The maximum Gasteiger partial charge on any atom is 0.219 e. The van der Waals surface area contributed by atoms with E-state index in [-0.39, 0.29) is 24.0 Å². The molecule has 0 aliphatic carbocycles. The maximum atomic E-state index is 5.92. The second kappa shape index (κ2) is 13.1. The van der Waals surface area contributed by atoms with Crippen molar-refractivity contribution >= 4 is 41.3 Å². The third kappa shape index (κ3) is 6.99. The molecule has 1 N–H and O–H groups in total. The molecule has 172 valence electrons. The van der Waals surface area contributed by atoms with Gasteiger partial charge in [-0.15, -0.1) is 35.3 Å². The fourth-order valence-electron chi connectivity index (χ4n) is 3.00. The lowest BCUT2D eigenvalue weighted by molar-refractivity contribution is 0.342. The molecule has 0 saturated heterocycles. The number of para-hydroxylation sites is 1. The Hall–Kier alpha value is -2.53. The number of likely N-dealkylation sites (N-methyl/N-ethyl adjacent to an activating group) is 1. The van der Waals surface area contributed by atoms with Crippen molar-refractivity contribution in [2.45, 2.75) is 13.0 Å². The van der Waals surface area contributed by atoms with Gasteiger partial charge in [0.15, 0.2) is 17.5 Å². The molecule has 0 spiro atoms. The van der Waals surface area contributed by atoms with E-state index in [4.69, 9.17) is 14.2 Å². The van der Waals surface area contributed by atoms with Gasteiger partial charge >= 0.3 is 0 Å². The zero-order chi connectivity index (χ0) is 22.1. The first-order valence-corrected chi connectivity index (χ1v) is 10.8. The summed E-state index contributed by atoms with van der Waals surface area (Å²) in [5, 5.41) is 5.48. The molecular formula is C23H29IN4O3S. The molecule has 1 aromatic carbocycles. The number of hydrogen-bond donors (Lipinski definition) is 1. The van der Waals surface area contributed by atoms with Crippen LogP contribution in [0.4, 0.5) is 0 Å². The van der Waals surface area contributed by atoms with Crippen LogP contribution >= 0.6 is 35.3 Å². The second-order valence-corrected chi connectivity index (χ2v) is 7.78. The van der Waals surface area contributed by atoms with Gasteiger partial charge in [0, 0.05) is 44.3 Å². The first kappa shape index (κ1) is 25.7. The smallest absolute Gasteiger partial charge is 0.219 e. The molecule has 0 unspecified atom stereocenters. The van der Waals surface area contributed by atoms with Crippen LogP contribution in [0.1, 0.15) is 10.4 Å². The minimum absolute atomic E-state index is 0. The van der Waals surface area contributed by atoms with E-state index in [0.29, 0.717) is 29.7 Å². The van der Waals surface area contributed by atoms with Gasteiger partial charge in [0.1, 0.15) is 0 Å². The molecule has 9 heteroatoms. The Morgan fingerprint density at radius 3 is 2.41 bits per heavy atom. The molecule has 2 heterocycles. The quantitative estimate of drug-likeness (QED) is 0.227. The average molecular weight is 568 g/mol. The number of pyridine rings is 1. The monoisotopic (exact) mass is 568 g/mol. The average Bonchev–Trinajstić information content (AvgIpc) is 3.33. The fraction of sp³-hybridized carbons (Fsp3) is 0.304. The van der Waals surface area contributed by atoms with Gasteiger partial charge in [-0.2, -0.15) is 0 Å². The van der Waals surface area contributed by atoms with Gasteiger partial charge in [0.2, 0.25) is 11.6 Å². The largest absolute Gasteiger partial charge is 0.493 e. The summed E-state index contributed by atoms with van der Waals surface area (Å²) in [6.07, 6.45) is 2.78. The number of halogens is 1. The van der Waals surface area contributed by atoms with E-state index in [1.54, 1.807) is 38.8 Å². The van der Waals surface area contributed by atoms with E-state index >= 15 is 0 Å². The van der Waals surface area contributed by atoms with Crippen LogP contribution in [0.3, 0.4) is 0 Å². The number of thiophene rings is 1. The molecule has 2 aromatic heterocycles. The normalized spacial score (nSPS) is 10.8. The van der Waals surface area contributed by atoms with Crippen LogP contribution in [-0.4, -0.2) is 50.7 Å². The molecular weight excluding hydrogens is 539 g/mol. The number of aliphatic imine (C=N–C) groups is 1. The molecule has 0 atom stereocenters. The number of guanidine groups is 1. The number of nitrogens with zero attached hydrogens (tertiary/aromatic N) is 3. The van der Waals surface area contributed by atoms with Gasteiger partial charge in [-0.3, -0.25) is 4.99 Å². The standard InChI is InChI=1S/C23H28N4O3S.HI/c1-24-23(27(2)13-12-18-7-6-14-31-18)26-16-17-10-11-21(25-15-17)30-22-19(28-3)8-5-9-20(22)29-4;/h5-11,14-15H,12-13,16H2,1-4H3,(H,24,26);1H. The summed E-state index contributed by atoms with van der Waals surface area (Å²) in [5.41, 5.74) is 1.02. The molecule has 0 radical (unpaired) electrons. The third-order valence-electron chi connectivity index (χ3n) is 4.68. The Morgan fingerprint density at radius 1 is 1.09 bits per heavy atom. The van der Waals surface area contributed by atoms with Crippen molar-refractivity contribution in [3.05, 3.63) is 64.5 Å². The zero-order valence-corrected chi connectivity index (χ0v) is 21.8. The van der Waals surface area contributed by atoms with Crippen LogP contribution < -0.4 is 19.5 Å². The number of hydrogen-bond acceptors (Lipinski definition) is 6. The lowest BCUT2D eigenvalue weighted by Gasteiger charge is -2.21. The number of aromatic nitrogens is 1. The van der Waals surface area contributed by atoms with Gasteiger partial charge in [-0.05, 0) is 35.6 Å². The topological polar surface area (TPSA) is 68.2 Å². The summed E-state index contributed by atoms with van der Waals surface area (Å²) in [6.45, 7) is 1.51. The fourth-order valence-corrected chi connectivity index (χ4v) is 3.70. The summed E-state index contributed by atoms with van der Waals surface area (Å²) in [7, 11) is 7.01. The zero-order valence-electron chi connectivity index (χ0n) is 18.7. The Bertz CT molecular complexity index is 959. The summed E-state index contributed by atoms with van der Waals surface area (Å²) >= 11 is 1.78. The van der Waals surface area contributed by atoms with Gasteiger partial charge < -0.3 is 24.4 Å². The number of nitrogens with one attached hydrogen (secondary N) is 1. The van der Waals surface area contributed by atoms with Crippen LogP contribution in [-0.2, 0) is 13.0 Å². The van der Waals surface area contributed by atoms with E-state index in [1.165, 1.54) is 4.88 Å². The van der Waals surface area contributed by atoms with Crippen LogP contribution in [0.25, 0.3) is 0 Å². The minimum Gasteiger partial charge on any atom is -0.493 e. The second-order valence-electron chi connectivity index (χ2n) is 6.75. The molecule has 0 fully saturated rings. The van der Waals surface area contributed by atoms with E-state index in [9.17, 15) is 0 Å². The first-order chi connectivity index (χ1) is 15.1.